The van der Waals surface area contributed by atoms with Crippen molar-refractivity contribution >= 4 is 11.8 Å². The summed E-state index contributed by atoms with van der Waals surface area (Å²) in [6.45, 7) is 5.84. The van der Waals surface area contributed by atoms with Crippen molar-refractivity contribution in [3.05, 3.63) is 30.1 Å². The highest BCUT2D eigenvalue weighted by molar-refractivity contribution is 5.73. The van der Waals surface area contributed by atoms with Gasteiger partial charge in [-0.1, -0.05) is 0 Å². The number of nitrogens with zero attached hydrogens (tertiary/aromatic N) is 5. The predicted molar refractivity (Wildman–Crippen MR) is 103 cm³/mol. The molecule has 3 aliphatic heterocycles. The molecule has 5 heterocycles. The molecule has 0 N–H and O–H groups in total. The van der Waals surface area contributed by atoms with Gasteiger partial charge in [0.05, 0.1) is 18.9 Å². The Morgan fingerprint density at radius 2 is 1.63 bits per heavy atom. The third kappa shape index (κ3) is 3.26. The monoisotopic (exact) mass is 367 g/mol. The van der Waals surface area contributed by atoms with E-state index in [9.17, 15) is 0 Å². The molecule has 27 heavy (non-hydrogen) atoms. The van der Waals surface area contributed by atoms with Gasteiger partial charge < -0.3 is 19.3 Å². The molecule has 0 aliphatic carbocycles. The SMILES string of the molecule is c1cc(-c2nc(N3CCOCC3)nc3c2CCN3C2CCOCC2)ccn1. The fraction of sp³-hybridized carbons (Fsp3) is 0.550. The van der Waals surface area contributed by atoms with E-state index in [0.717, 1.165) is 88.3 Å². The van der Waals surface area contributed by atoms with E-state index in [1.165, 1.54) is 5.56 Å². The van der Waals surface area contributed by atoms with Crippen molar-refractivity contribution in [3.8, 4) is 11.3 Å². The van der Waals surface area contributed by atoms with Crippen LogP contribution in [0, 0.1) is 0 Å². The van der Waals surface area contributed by atoms with E-state index in [0.29, 0.717) is 6.04 Å². The lowest BCUT2D eigenvalue weighted by Gasteiger charge is -2.33. The molecule has 0 radical (unpaired) electrons. The minimum atomic E-state index is 0.512. The average Bonchev–Trinajstić information content (AvgIpc) is 3.19. The molecule has 2 fully saturated rings. The molecule has 0 aromatic carbocycles. The number of aromatic nitrogens is 3. The second-order valence-electron chi connectivity index (χ2n) is 7.30. The van der Waals surface area contributed by atoms with E-state index in [1.54, 1.807) is 0 Å². The van der Waals surface area contributed by atoms with E-state index in [2.05, 4.69) is 14.8 Å². The zero-order chi connectivity index (χ0) is 18.1. The maximum Gasteiger partial charge on any atom is 0.228 e. The molecular formula is C20H25N5O2. The molecule has 0 unspecified atom stereocenters. The first-order valence-corrected chi connectivity index (χ1v) is 9.88. The van der Waals surface area contributed by atoms with Crippen molar-refractivity contribution in [2.75, 3.05) is 55.9 Å². The summed E-state index contributed by atoms with van der Waals surface area (Å²) in [4.78, 5) is 19.0. The van der Waals surface area contributed by atoms with Crippen LogP contribution in [0.15, 0.2) is 24.5 Å². The van der Waals surface area contributed by atoms with Gasteiger partial charge in [-0.25, -0.2) is 4.98 Å². The second kappa shape index (κ2) is 7.40. The molecule has 3 aliphatic rings. The Bertz CT molecular complexity index is 788. The Kier molecular flexibility index (Phi) is 4.63. The molecule has 0 bridgehead atoms. The van der Waals surface area contributed by atoms with Gasteiger partial charge in [0.15, 0.2) is 0 Å². The molecule has 0 spiro atoms. The lowest BCUT2D eigenvalue weighted by molar-refractivity contribution is 0.0847. The number of hydrogen-bond acceptors (Lipinski definition) is 7. The van der Waals surface area contributed by atoms with Crippen LogP contribution in [0.1, 0.15) is 18.4 Å². The molecule has 0 atom stereocenters. The normalized spacial score (nSPS) is 20.7. The summed E-state index contributed by atoms with van der Waals surface area (Å²) < 4.78 is 11.1. The quantitative estimate of drug-likeness (QED) is 0.821. The lowest BCUT2D eigenvalue weighted by Crippen LogP contribution is -2.40. The zero-order valence-corrected chi connectivity index (χ0v) is 15.5. The van der Waals surface area contributed by atoms with Gasteiger partial charge in [0.2, 0.25) is 5.95 Å². The van der Waals surface area contributed by atoms with Crippen LogP contribution in [0.5, 0.6) is 0 Å². The number of anilines is 2. The van der Waals surface area contributed by atoms with Crippen LogP contribution in [-0.2, 0) is 15.9 Å². The maximum atomic E-state index is 5.57. The summed E-state index contributed by atoms with van der Waals surface area (Å²) in [5.74, 6) is 1.94. The number of rotatable bonds is 3. The first kappa shape index (κ1) is 16.9. The van der Waals surface area contributed by atoms with Crippen molar-refractivity contribution in [2.24, 2.45) is 0 Å². The van der Waals surface area contributed by atoms with E-state index >= 15 is 0 Å². The Hall–Kier alpha value is -2.25. The Balaban J connectivity index is 1.58. The molecule has 0 saturated carbocycles. The van der Waals surface area contributed by atoms with Crippen LogP contribution in [0.4, 0.5) is 11.8 Å². The maximum absolute atomic E-state index is 5.57. The molecule has 7 nitrogen and oxygen atoms in total. The van der Waals surface area contributed by atoms with Gasteiger partial charge in [-0.15, -0.1) is 0 Å². The van der Waals surface area contributed by atoms with E-state index in [4.69, 9.17) is 19.4 Å². The highest BCUT2D eigenvalue weighted by atomic mass is 16.5. The van der Waals surface area contributed by atoms with Crippen molar-refractivity contribution in [3.63, 3.8) is 0 Å². The highest BCUT2D eigenvalue weighted by Crippen LogP contribution is 2.37. The van der Waals surface area contributed by atoms with E-state index in [-0.39, 0.29) is 0 Å². The van der Waals surface area contributed by atoms with Crippen LogP contribution in [0.25, 0.3) is 11.3 Å². The molecule has 5 rings (SSSR count). The topological polar surface area (TPSA) is 63.6 Å². The number of fused-ring (bicyclic) bond motifs is 1. The Labute approximate surface area is 159 Å². The smallest absolute Gasteiger partial charge is 0.228 e. The molecule has 2 aromatic heterocycles. The number of ether oxygens (including phenoxy) is 2. The van der Waals surface area contributed by atoms with Crippen LogP contribution < -0.4 is 9.80 Å². The summed E-state index contributed by atoms with van der Waals surface area (Å²) in [6.07, 6.45) is 6.81. The van der Waals surface area contributed by atoms with Crippen LogP contribution in [0.3, 0.4) is 0 Å². The third-order valence-electron chi connectivity index (χ3n) is 5.73. The molecular weight excluding hydrogens is 342 g/mol. The van der Waals surface area contributed by atoms with Gasteiger partial charge in [0, 0.05) is 62.4 Å². The molecule has 2 saturated heterocycles. The van der Waals surface area contributed by atoms with Gasteiger partial charge in [-0.2, -0.15) is 4.98 Å². The predicted octanol–water partition coefficient (Wildman–Crippen LogP) is 1.92. The van der Waals surface area contributed by atoms with Crippen LogP contribution in [-0.4, -0.2) is 67.1 Å². The van der Waals surface area contributed by atoms with Crippen LogP contribution >= 0.6 is 0 Å². The largest absolute Gasteiger partial charge is 0.381 e. The van der Waals surface area contributed by atoms with Gasteiger partial charge >= 0.3 is 0 Å². The van der Waals surface area contributed by atoms with Gasteiger partial charge in [-0.3, -0.25) is 4.98 Å². The van der Waals surface area contributed by atoms with Crippen molar-refractivity contribution in [1.82, 2.24) is 15.0 Å². The van der Waals surface area contributed by atoms with Crippen molar-refractivity contribution in [1.29, 1.82) is 0 Å². The number of hydrogen-bond donors (Lipinski definition) is 0. The van der Waals surface area contributed by atoms with Gasteiger partial charge in [0.25, 0.3) is 0 Å². The summed E-state index contributed by atoms with van der Waals surface area (Å²) in [7, 11) is 0. The van der Waals surface area contributed by atoms with Gasteiger partial charge in [-0.05, 0) is 31.4 Å². The van der Waals surface area contributed by atoms with Crippen molar-refractivity contribution in [2.45, 2.75) is 25.3 Å². The summed E-state index contributed by atoms with van der Waals surface area (Å²) in [5, 5.41) is 0. The zero-order valence-electron chi connectivity index (χ0n) is 15.5. The molecule has 2 aromatic rings. The Morgan fingerprint density at radius 3 is 2.41 bits per heavy atom. The number of morpholine rings is 1. The third-order valence-corrected chi connectivity index (χ3v) is 5.73. The second-order valence-corrected chi connectivity index (χ2v) is 7.30. The standard InChI is InChI=1S/C20H25N5O2/c1-6-21-7-2-15(1)18-17-3-8-25(16-4-11-26-12-5-16)19(17)23-20(22-18)24-9-13-27-14-10-24/h1-2,6-7,16H,3-5,8-14H2. The van der Waals surface area contributed by atoms with Crippen LogP contribution in [0.2, 0.25) is 0 Å². The van der Waals surface area contributed by atoms with E-state index < -0.39 is 0 Å². The summed E-state index contributed by atoms with van der Waals surface area (Å²) >= 11 is 0. The fourth-order valence-corrected chi connectivity index (χ4v) is 4.27. The average molecular weight is 367 g/mol. The van der Waals surface area contributed by atoms with Crippen molar-refractivity contribution < 1.29 is 9.47 Å². The molecule has 142 valence electrons. The fourth-order valence-electron chi connectivity index (χ4n) is 4.27. The first-order chi connectivity index (χ1) is 13.4. The van der Waals surface area contributed by atoms with Gasteiger partial charge in [0.1, 0.15) is 5.82 Å². The first-order valence-electron chi connectivity index (χ1n) is 9.88. The minimum Gasteiger partial charge on any atom is -0.381 e. The highest BCUT2D eigenvalue weighted by Gasteiger charge is 2.32. The lowest BCUT2D eigenvalue weighted by atomic mass is 10.1. The number of pyridine rings is 1. The molecule has 0 amide bonds. The minimum absolute atomic E-state index is 0.512. The Morgan fingerprint density at radius 1 is 0.889 bits per heavy atom. The van der Waals surface area contributed by atoms with E-state index in [1.807, 2.05) is 24.5 Å². The summed E-state index contributed by atoms with van der Waals surface area (Å²) in [6, 6.07) is 4.60. The summed E-state index contributed by atoms with van der Waals surface area (Å²) in [5.41, 5.74) is 3.44. The molecule has 7 heteroatoms.